The SMILES string of the molecule is Cc1ccc(NS(=O)(=O)c2cc(C(=O)NCCOc3ccc(S(=O)(=O)N4CCCC4)cc3)ccc2Cl)cc1. The molecule has 0 saturated carbocycles. The number of benzene rings is 3. The van der Waals surface area contributed by atoms with E-state index < -0.39 is 26.0 Å². The van der Waals surface area contributed by atoms with Gasteiger partial charge in [-0.25, -0.2) is 16.8 Å². The fraction of sp³-hybridized carbons (Fsp3) is 0.269. The molecule has 9 nitrogen and oxygen atoms in total. The van der Waals surface area contributed by atoms with Crippen LogP contribution in [0.4, 0.5) is 5.69 Å². The molecule has 1 heterocycles. The van der Waals surface area contributed by atoms with Crippen molar-refractivity contribution in [1.82, 2.24) is 9.62 Å². The molecule has 1 aliphatic heterocycles. The third-order valence-corrected chi connectivity index (χ3v) is 9.75. The van der Waals surface area contributed by atoms with Crippen molar-refractivity contribution in [3.63, 3.8) is 0 Å². The summed E-state index contributed by atoms with van der Waals surface area (Å²) in [5.41, 5.74) is 1.48. The fourth-order valence-electron chi connectivity index (χ4n) is 3.90. The van der Waals surface area contributed by atoms with Gasteiger partial charge in [0.05, 0.1) is 16.5 Å². The molecule has 4 rings (SSSR count). The van der Waals surface area contributed by atoms with Crippen LogP contribution in [0.15, 0.2) is 76.5 Å². The zero-order valence-electron chi connectivity index (χ0n) is 20.7. The van der Waals surface area contributed by atoms with Crippen LogP contribution < -0.4 is 14.8 Å². The normalized spacial score (nSPS) is 14.3. The van der Waals surface area contributed by atoms with Crippen LogP contribution in [0.2, 0.25) is 5.02 Å². The zero-order valence-corrected chi connectivity index (χ0v) is 23.1. The number of aryl methyl sites for hydroxylation is 1. The Morgan fingerprint density at radius 3 is 2.26 bits per heavy atom. The highest BCUT2D eigenvalue weighted by molar-refractivity contribution is 7.92. The van der Waals surface area contributed by atoms with Gasteiger partial charge >= 0.3 is 0 Å². The number of sulfonamides is 2. The van der Waals surface area contributed by atoms with Crippen molar-refractivity contribution in [2.75, 3.05) is 31.0 Å². The largest absolute Gasteiger partial charge is 0.492 e. The summed E-state index contributed by atoms with van der Waals surface area (Å²) in [6, 6.07) is 17.0. The van der Waals surface area contributed by atoms with E-state index in [1.807, 2.05) is 6.92 Å². The molecule has 3 aromatic rings. The van der Waals surface area contributed by atoms with Gasteiger partial charge in [-0.15, -0.1) is 0 Å². The van der Waals surface area contributed by atoms with Gasteiger partial charge < -0.3 is 10.1 Å². The molecule has 1 amide bonds. The number of halogens is 1. The second-order valence-corrected chi connectivity index (χ2v) is 12.8. The van der Waals surface area contributed by atoms with Crippen molar-refractivity contribution >= 4 is 43.2 Å². The maximum atomic E-state index is 12.9. The molecule has 0 spiro atoms. The number of carbonyl (C=O) groups is 1. The lowest BCUT2D eigenvalue weighted by atomic mass is 10.2. The highest BCUT2D eigenvalue weighted by atomic mass is 35.5. The highest BCUT2D eigenvalue weighted by Crippen LogP contribution is 2.26. The Labute approximate surface area is 227 Å². The van der Waals surface area contributed by atoms with Crippen LogP contribution >= 0.6 is 11.6 Å². The molecular formula is C26H28ClN3O6S2. The summed E-state index contributed by atoms with van der Waals surface area (Å²) in [6.45, 7) is 3.22. The second kappa shape index (κ2) is 11.7. The maximum Gasteiger partial charge on any atom is 0.263 e. The molecule has 0 unspecified atom stereocenters. The van der Waals surface area contributed by atoms with Crippen LogP contribution in [0.5, 0.6) is 5.75 Å². The van der Waals surface area contributed by atoms with Crippen molar-refractivity contribution in [2.45, 2.75) is 29.6 Å². The van der Waals surface area contributed by atoms with Gasteiger partial charge in [0, 0.05) is 24.3 Å². The standard InChI is InChI=1S/C26H28ClN3O6S2/c1-19-4-7-21(8-5-19)29-37(32,33)25-18-20(6-13-24(25)27)26(31)28-14-17-36-22-9-11-23(12-10-22)38(34,35)30-15-2-3-16-30/h4-13,18,29H,2-3,14-17H2,1H3,(H,28,31). The Hall–Kier alpha value is -3.12. The highest BCUT2D eigenvalue weighted by Gasteiger charge is 2.27. The Kier molecular flexibility index (Phi) is 8.61. The predicted molar refractivity (Wildman–Crippen MR) is 146 cm³/mol. The summed E-state index contributed by atoms with van der Waals surface area (Å²) in [5, 5.41) is 2.66. The van der Waals surface area contributed by atoms with Crippen molar-refractivity contribution in [3.8, 4) is 5.75 Å². The molecule has 202 valence electrons. The Morgan fingerprint density at radius 2 is 1.61 bits per heavy atom. The zero-order chi connectivity index (χ0) is 27.3. The van der Waals surface area contributed by atoms with Crippen molar-refractivity contribution in [1.29, 1.82) is 0 Å². The van der Waals surface area contributed by atoms with E-state index in [1.54, 1.807) is 36.4 Å². The minimum absolute atomic E-state index is 0.0142. The molecule has 0 aromatic heterocycles. The molecule has 38 heavy (non-hydrogen) atoms. The number of hydrogen-bond acceptors (Lipinski definition) is 6. The van der Waals surface area contributed by atoms with Gasteiger partial charge in [0.2, 0.25) is 10.0 Å². The smallest absolute Gasteiger partial charge is 0.263 e. The molecule has 0 aliphatic carbocycles. The molecule has 1 saturated heterocycles. The average molecular weight is 578 g/mol. The van der Waals surface area contributed by atoms with Gasteiger partial charge in [-0.1, -0.05) is 29.3 Å². The van der Waals surface area contributed by atoms with Gasteiger partial charge in [0.1, 0.15) is 17.3 Å². The van der Waals surface area contributed by atoms with Crippen molar-refractivity contribution < 1.29 is 26.4 Å². The summed E-state index contributed by atoms with van der Waals surface area (Å²) in [4.78, 5) is 12.6. The van der Waals surface area contributed by atoms with E-state index in [9.17, 15) is 21.6 Å². The van der Waals surface area contributed by atoms with E-state index in [1.165, 1.54) is 34.6 Å². The Balaban J connectivity index is 1.32. The van der Waals surface area contributed by atoms with Crippen LogP contribution in [-0.2, 0) is 20.0 Å². The summed E-state index contributed by atoms with van der Waals surface area (Å²) < 4.78 is 60.5. The lowest BCUT2D eigenvalue weighted by Crippen LogP contribution is -2.28. The van der Waals surface area contributed by atoms with E-state index in [2.05, 4.69) is 10.0 Å². The molecule has 3 aromatic carbocycles. The van der Waals surface area contributed by atoms with E-state index in [-0.39, 0.29) is 33.5 Å². The van der Waals surface area contributed by atoms with Gasteiger partial charge in [-0.3, -0.25) is 9.52 Å². The monoisotopic (exact) mass is 577 g/mol. The summed E-state index contributed by atoms with van der Waals surface area (Å²) in [5.74, 6) is -0.0363. The number of rotatable bonds is 10. The van der Waals surface area contributed by atoms with E-state index in [0.29, 0.717) is 24.5 Å². The molecule has 0 radical (unpaired) electrons. The molecule has 12 heteroatoms. The van der Waals surface area contributed by atoms with Gasteiger partial charge in [-0.2, -0.15) is 4.31 Å². The lowest BCUT2D eigenvalue weighted by molar-refractivity contribution is 0.0946. The number of nitrogens with one attached hydrogen (secondary N) is 2. The first-order valence-electron chi connectivity index (χ1n) is 12.0. The number of ether oxygens (including phenoxy) is 1. The molecule has 1 aliphatic rings. The molecule has 2 N–H and O–H groups in total. The number of hydrogen-bond donors (Lipinski definition) is 2. The summed E-state index contributed by atoms with van der Waals surface area (Å²) >= 11 is 6.14. The van der Waals surface area contributed by atoms with Crippen LogP contribution in [0, 0.1) is 6.92 Å². The quantitative estimate of drug-likeness (QED) is 0.351. The topological polar surface area (TPSA) is 122 Å². The average Bonchev–Trinajstić information content (AvgIpc) is 3.44. The van der Waals surface area contributed by atoms with E-state index in [4.69, 9.17) is 16.3 Å². The van der Waals surface area contributed by atoms with Crippen LogP contribution in [0.3, 0.4) is 0 Å². The molecule has 0 bridgehead atoms. The lowest BCUT2D eigenvalue weighted by Gasteiger charge is -2.15. The predicted octanol–water partition coefficient (Wildman–Crippen LogP) is 4.04. The van der Waals surface area contributed by atoms with Crippen LogP contribution in [0.25, 0.3) is 0 Å². The summed E-state index contributed by atoms with van der Waals surface area (Å²) in [7, 11) is -7.52. The second-order valence-electron chi connectivity index (χ2n) is 8.80. The third-order valence-electron chi connectivity index (χ3n) is 5.97. The number of anilines is 1. The Bertz CT molecular complexity index is 1500. The van der Waals surface area contributed by atoms with Crippen LogP contribution in [0.1, 0.15) is 28.8 Å². The molecule has 0 atom stereocenters. The van der Waals surface area contributed by atoms with Crippen molar-refractivity contribution in [2.24, 2.45) is 0 Å². The van der Waals surface area contributed by atoms with Gasteiger partial charge in [-0.05, 0) is 74.4 Å². The first-order chi connectivity index (χ1) is 18.1. The van der Waals surface area contributed by atoms with Gasteiger partial charge in [0.15, 0.2) is 0 Å². The molecule has 1 fully saturated rings. The number of amides is 1. The number of nitrogens with zero attached hydrogens (tertiary/aromatic N) is 1. The van der Waals surface area contributed by atoms with E-state index in [0.717, 1.165) is 18.4 Å². The first-order valence-corrected chi connectivity index (χ1v) is 15.3. The fourth-order valence-corrected chi connectivity index (χ4v) is 7.01. The molecular weight excluding hydrogens is 550 g/mol. The minimum Gasteiger partial charge on any atom is -0.492 e. The third kappa shape index (κ3) is 6.65. The Morgan fingerprint density at radius 1 is 0.947 bits per heavy atom. The van der Waals surface area contributed by atoms with Gasteiger partial charge in [0.25, 0.3) is 15.9 Å². The van der Waals surface area contributed by atoms with Crippen molar-refractivity contribution in [3.05, 3.63) is 82.9 Å². The van der Waals surface area contributed by atoms with E-state index >= 15 is 0 Å². The number of carbonyl (C=O) groups excluding carboxylic acids is 1. The summed E-state index contributed by atoms with van der Waals surface area (Å²) in [6.07, 6.45) is 1.73. The maximum absolute atomic E-state index is 12.9. The minimum atomic E-state index is -4.03. The first kappa shape index (κ1) is 27.9. The van der Waals surface area contributed by atoms with Crippen LogP contribution in [-0.4, -0.2) is 53.3 Å².